The summed E-state index contributed by atoms with van der Waals surface area (Å²) >= 11 is 5.75. The largest absolute Gasteiger partial charge is 0.321 e. The van der Waals surface area contributed by atoms with Crippen molar-refractivity contribution < 1.29 is 4.79 Å². The van der Waals surface area contributed by atoms with Gasteiger partial charge in [-0.05, 0) is 35.2 Å². The van der Waals surface area contributed by atoms with Gasteiger partial charge in [0.2, 0.25) is 0 Å². The van der Waals surface area contributed by atoms with Crippen LogP contribution in [0.5, 0.6) is 0 Å². The second-order valence-electron chi connectivity index (χ2n) is 4.69. The van der Waals surface area contributed by atoms with Crippen LogP contribution in [0.15, 0.2) is 60.9 Å². The number of amides is 1. The molecular formula is C17H13ClN2O. The van der Waals surface area contributed by atoms with Crippen LogP contribution < -0.4 is 5.32 Å². The molecule has 3 aromatic rings. The summed E-state index contributed by atoms with van der Waals surface area (Å²) in [6.07, 6.45) is 3.49. The third kappa shape index (κ3) is 2.88. The molecule has 0 radical (unpaired) electrons. The maximum absolute atomic E-state index is 12.3. The standard InChI is InChI=1S/C17H13ClN2O/c18-10-12-4-6-14(7-5-12)17(21)20-16-3-1-2-13-8-9-19-11-15(13)16/h1-9,11H,10H2,(H,20,21). The Morgan fingerprint density at radius 2 is 1.90 bits per heavy atom. The first-order chi connectivity index (χ1) is 10.3. The smallest absolute Gasteiger partial charge is 0.255 e. The number of pyridine rings is 1. The second-order valence-corrected chi connectivity index (χ2v) is 4.95. The normalized spacial score (nSPS) is 10.5. The Hall–Kier alpha value is -2.39. The van der Waals surface area contributed by atoms with E-state index in [1.807, 2.05) is 36.4 Å². The molecule has 0 saturated carbocycles. The summed E-state index contributed by atoms with van der Waals surface area (Å²) in [6, 6.07) is 14.9. The number of alkyl halides is 1. The van der Waals surface area contributed by atoms with Crippen LogP contribution in [0.2, 0.25) is 0 Å². The van der Waals surface area contributed by atoms with Gasteiger partial charge in [-0.3, -0.25) is 9.78 Å². The van der Waals surface area contributed by atoms with Crippen LogP contribution >= 0.6 is 11.6 Å². The fourth-order valence-corrected chi connectivity index (χ4v) is 2.34. The van der Waals surface area contributed by atoms with E-state index in [1.165, 1.54) is 0 Å². The van der Waals surface area contributed by atoms with E-state index in [9.17, 15) is 4.79 Å². The van der Waals surface area contributed by atoms with Crippen LogP contribution in [-0.2, 0) is 5.88 Å². The lowest BCUT2D eigenvalue weighted by Gasteiger charge is -2.08. The summed E-state index contributed by atoms with van der Waals surface area (Å²) in [6.45, 7) is 0. The molecule has 0 spiro atoms. The number of fused-ring (bicyclic) bond motifs is 1. The fourth-order valence-electron chi connectivity index (χ4n) is 2.16. The van der Waals surface area contributed by atoms with Crippen LogP contribution in [0.3, 0.4) is 0 Å². The fraction of sp³-hybridized carbons (Fsp3) is 0.0588. The van der Waals surface area contributed by atoms with Crippen LogP contribution in [0.25, 0.3) is 10.8 Å². The van der Waals surface area contributed by atoms with E-state index >= 15 is 0 Å². The topological polar surface area (TPSA) is 42.0 Å². The van der Waals surface area contributed by atoms with Gasteiger partial charge >= 0.3 is 0 Å². The number of anilines is 1. The molecule has 0 aliphatic rings. The zero-order chi connectivity index (χ0) is 14.7. The molecule has 21 heavy (non-hydrogen) atoms. The van der Waals surface area contributed by atoms with Crippen LogP contribution in [0.4, 0.5) is 5.69 Å². The first-order valence-electron chi connectivity index (χ1n) is 6.57. The SMILES string of the molecule is O=C(Nc1cccc2ccncc12)c1ccc(CCl)cc1. The van der Waals surface area contributed by atoms with E-state index in [2.05, 4.69) is 10.3 Å². The molecule has 0 atom stereocenters. The number of halogens is 1. The summed E-state index contributed by atoms with van der Waals surface area (Å²) < 4.78 is 0. The van der Waals surface area contributed by atoms with Crippen molar-refractivity contribution in [2.24, 2.45) is 0 Å². The maximum atomic E-state index is 12.3. The first-order valence-corrected chi connectivity index (χ1v) is 7.10. The monoisotopic (exact) mass is 296 g/mol. The maximum Gasteiger partial charge on any atom is 0.255 e. The Bertz CT molecular complexity index is 779. The molecule has 0 fully saturated rings. The molecule has 3 rings (SSSR count). The van der Waals surface area contributed by atoms with Gasteiger partial charge in [0.05, 0.1) is 5.69 Å². The van der Waals surface area contributed by atoms with E-state index < -0.39 is 0 Å². The van der Waals surface area contributed by atoms with Gasteiger partial charge in [-0.15, -0.1) is 11.6 Å². The highest BCUT2D eigenvalue weighted by Crippen LogP contribution is 2.22. The Labute approximate surface area is 127 Å². The van der Waals surface area contributed by atoms with E-state index in [0.717, 1.165) is 22.0 Å². The Kier molecular flexibility index (Phi) is 3.84. The number of benzene rings is 2. The highest BCUT2D eigenvalue weighted by molar-refractivity contribution is 6.17. The van der Waals surface area contributed by atoms with E-state index in [4.69, 9.17) is 11.6 Å². The van der Waals surface area contributed by atoms with E-state index in [1.54, 1.807) is 24.5 Å². The van der Waals surface area contributed by atoms with Gasteiger partial charge in [-0.2, -0.15) is 0 Å². The zero-order valence-corrected chi connectivity index (χ0v) is 12.0. The number of rotatable bonds is 3. The van der Waals surface area contributed by atoms with Crippen molar-refractivity contribution >= 4 is 34.0 Å². The Balaban J connectivity index is 1.89. The van der Waals surface area contributed by atoms with Crippen molar-refractivity contribution in [2.45, 2.75) is 5.88 Å². The number of nitrogens with zero attached hydrogens (tertiary/aromatic N) is 1. The molecule has 0 saturated heterocycles. The molecule has 0 aliphatic heterocycles. The average Bonchev–Trinajstić information content (AvgIpc) is 2.55. The van der Waals surface area contributed by atoms with Crippen molar-refractivity contribution in [3.05, 3.63) is 72.1 Å². The average molecular weight is 297 g/mol. The lowest BCUT2D eigenvalue weighted by atomic mass is 10.1. The van der Waals surface area contributed by atoms with Crippen molar-refractivity contribution in [2.75, 3.05) is 5.32 Å². The van der Waals surface area contributed by atoms with Gasteiger partial charge in [0, 0.05) is 29.2 Å². The summed E-state index contributed by atoms with van der Waals surface area (Å²) in [5.74, 6) is 0.296. The van der Waals surface area contributed by atoms with Crippen LogP contribution in [-0.4, -0.2) is 10.9 Å². The van der Waals surface area contributed by atoms with Crippen molar-refractivity contribution in [3.8, 4) is 0 Å². The third-order valence-corrected chi connectivity index (χ3v) is 3.61. The highest BCUT2D eigenvalue weighted by Gasteiger charge is 2.08. The van der Waals surface area contributed by atoms with Gasteiger partial charge in [0.15, 0.2) is 0 Å². The Morgan fingerprint density at radius 3 is 2.67 bits per heavy atom. The van der Waals surface area contributed by atoms with Gasteiger partial charge in [0.1, 0.15) is 0 Å². The Morgan fingerprint density at radius 1 is 1.10 bits per heavy atom. The summed E-state index contributed by atoms with van der Waals surface area (Å²) in [5.41, 5.74) is 2.35. The number of carbonyl (C=O) groups excluding carboxylic acids is 1. The number of aromatic nitrogens is 1. The number of hydrogen-bond donors (Lipinski definition) is 1. The quantitative estimate of drug-likeness (QED) is 0.735. The summed E-state index contributed by atoms with van der Waals surface area (Å²) in [7, 11) is 0. The summed E-state index contributed by atoms with van der Waals surface area (Å²) in [5, 5.41) is 4.89. The minimum atomic E-state index is -0.146. The molecule has 0 bridgehead atoms. The van der Waals surface area contributed by atoms with Crippen molar-refractivity contribution in [1.82, 2.24) is 4.98 Å². The van der Waals surface area contributed by atoms with Gasteiger partial charge in [-0.1, -0.05) is 24.3 Å². The predicted molar refractivity (Wildman–Crippen MR) is 85.7 cm³/mol. The molecule has 1 amide bonds. The molecule has 2 aromatic carbocycles. The molecule has 104 valence electrons. The van der Waals surface area contributed by atoms with Gasteiger partial charge in [0.25, 0.3) is 5.91 Å². The van der Waals surface area contributed by atoms with Crippen molar-refractivity contribution in [3.63, 3.8) is 0 Å². The zero-order valence-electron chi connectivity index (χ0n) is 11.2. The molecule has 1 N–H and O–H groups in total. The third-order valence-electron chi connectivity index (χ3n) is 3.30. The van der Waals surface area contributed by atoms with Gasteiger partial charge in [-0.25, -0.2) is 0 Å². The number of carbonyl (C=O) groups is 1. The molecule has 3 nitrogen and oxygen atoms in total. The predicted octanol–water partition coefficient (Wildman–Crippen LogP) is 4.23. The van der Waals surface area contributed by atoms with Crippen molar-refractivity contribution in [1.29, 1.82) is 0 Å². The number of hydrogen-bond acceptors (Lipinski definition) is 2. The van der Waals surface area contributed by atoms with Gasteiger partial charge < -0.3 is 5.32 Å². The lowest BCUT2D eigenvalue weighted by molar-refractivity contribution is 0.102. The van der Waals surface area contributed by atoms with E-state index in [0.29, 0.717) is 11.4 Å². The molecule has 0 aliphatic carbocycles. The van der Waals surface area contributed by atoms with Crippen LogP contribution in [0.1, 0.15) is 15.9 Å². The summed E-state index contributed by atoms with van der Waals surface area (Å²) in [4.78, 5) is 16.4. The lowest BCUT2D eigenvalue weighted by Crippen LogP contribution is -2.12. The van der Waals surface area contributed by atoms with Crippen LogP contribution in [0, 0.1) is 0 Å². The van der Waals surface area contributed by atoms with E-state index in [-0.39, 0.29) is 5.91 Å². The molecular weight excluding hydrogens is 284 g/mol. The first kappa shape index (κ1) is 13.6. The highest BCUT2D eigenvalue weighted by atomic mass is 35.5. The minimum Gasteiger partial charge on any atom is -0.321 e. The molecule has 4 heteroatoms. The molecule has 1 aromatic heterocycles. The molecule has 0 unspecified atom stereocenters. The number of nitrogens with one attached hydrogen (secondary N) is 1. The minimum absolute atomic E-state index is 0.146. The molecule has 1 heterocycles. The second kappa shape index (κ2) is 5.94.